The molecule has 2 rings (SSSR count). The van der Waals surface area contributed by atoms with Crippen LogP contribution in [0.15, 0.2) is 41.5 Å². The molecule has 0 N–H and O–H groups in total. The first-order valence-electron chi connectivity index (χ1n) is 9.18. The van der Waals surface area contributed by atoms with Gasteiger partial charge in [-0.05, 0) is 62.3 Å². The van der Waals surface area contributed by atoms with Crippen LogP contribution in [0.2, 0.25) is 10.0 Å². The van der Waals surface area contributed by atoms with Gasteiger partial charge >= 0.3 is 0 Å². The van der Waals surface area contributed by atoms with E-state index in [0.29, 0.717) is 21.5 Å². The van der Waals surface area contributed by atoms with E-state index in [2.05, 4.69) is 60.0 Å². The van der Waals surface area contributed by atoms with Crippen LogP contribution >= 0.6 is 23.2 Å². The van der Waals surface area contributed by atoms with E-state index in [1.54, 1.807) is 5.57 Å². The number of hydrogen-bond donors (Lipinski definition) is 0. The van der Waals surface area contributed by atoms with Crippen LogP contribution in [-0.2, 0) is 6.54 Å². The van der Waals surface area contributed by atoms with E-state index in [1.807, 2.05) is 12.1 Å². The van der Waals surface area contributed by atoms with Crippen LogP contribution in [-0.4, -0.2) is 24.6 Å². The molecule has 1 aliphatic carbocycles. The average molecular weight is 381 g/mol. The van der Waals surface area contributed by atoms with Crippen molar-refractivity contribution >= 4 is 23.2 Å². The highest BCUT2D eigenvalue weighted by atomic mass is 35.5. The number of nitrogens with zero attached hydrogens (tertiary/aromatic N) is 1. The zero-order valence-electron chi connectivity index (χ0n) is 16.5. The summed E-state index contributed by atoms with van der Waals surface area (Å²) in [6, 6.07) is 6.35. The Morgan fingerprint density at radius 3 is 2.48 bits per heavy atom. The Hall–Kier alpha value is -0.760. The van der Waals surface area contributed by atoms with E-state index in [1.165, 1.54) is 30.4 Å². The molecule has 0 fully saturated rings. The Balaban J connectivity index is 2.15. The number of rotatable bonds is 5. The van der Waals surface area contributed by atoms with E-state index < -0.39 is 0 Å². The van der Waals surface area contributed by atoms with Crippen LogP contribution in [0, 0.1) is 5.41 Å². The third-order valence-corrected chi connectivity index (χ3v) is 6.50. The highest BCUT2D eigenvalue weighted by Gasteiger charge is 2.28. The normalized spacial score (nSPS) is 19.5. The van der Waals surface area contributed by atoms with Gasteiger partial charge in [0.2, 0.25) is 0 Å². The monoisotopic (exact) mass is 380 g/mol. The Kier molecular flexibility index (Phi) is 6.46. The SMILES string of the molecule is CC1=C(C=CC(C)[N+](C)(C)Cc2ccc(Cl)c(Cl)c2)C(C)(C)CCC1. The molecule has 0 amide bonds. The minimum atomic E-state index is 0.291. The molecule has 0 saturated heterocycles. The van der Waals surface area contributed by atoms with E-state index in [9.17, 15) is 0 Å². The van der Waals surface area contributed by atoms with Crippen molar-refractivity contribution in [1.29, 1.82) is 0 Å². The lowest BCUT2D eigenvalue weighted by atomic mass is 9.72. The fourth-order valence-electron chi connectivity index (χ4n) is 3.73. The van der Waals surface area contributed by atoms with E-state index in [0.717, 1.165) is 11.0 Å². The average Bonchev–Trinajstić information content (AvgIpc) is 2.49. The van der Waals surface area contributed by atoms with Crippen molar-refractivity contribution in [2.24, 2.45) is 5.41 Å². The maximum absolute atomic E-state index is 6.17. The molecule has 0 saturated carbocycles. The summed E-state index contributed by atoms with van der Waals surface area (Å²) in [6.07, 6.45) is 8.58. The second-order valence-electron chi connectivity index (χ2n) is 8.72. The van der Waals surface area contributed by atoms with Gasteiger partial charge in [-0.2, -0.15) is 0 Å². The summed E-state index contributed by atoms with van der Waals surface area (Å²) >= 11 is 12.2. The van der Waals surface area contributed by atoms with E-state index >= 15 is 0 Å². The molecule has 1 aliphatic rings. The first-order valence-corrected chi connectivity index (χ1v) is 9.93. The standard InChI is InChI=1S/C22H32Cl2N/c1-16-8-7-13-22(3,4)19(16)11-9-17(2)25(5,6)15-18-10-12-20(23)21(24)14-18/h9-12,14,17H,7-8,13,15H2,1-6H3/q+1. The molecular formula is C22H32Cl2N+. The molecule has 1 nitrogen and oxygen atoms in total. The van der Waals surface area contributed by atoms with Gasteiger partial charge in [-0.15, -0.1) is 0 Å². The summed E-state index contributed by atoms with van der Waals surface area (Å²) in [7, 11) is 4.54. The molecule has 0 spiro atoms. The van der Waals surface area contributed by atoms with Crippen LogP contribution in [0.5, 0.6) is 0 Å². The summed E-state index contributed by atoms with van der Waals surface area (Å²) in [5.74, 6) is 0. The topological polar surface area (TPSA) is 0 Å². The Morgan fingerprint density at radius 2 is 1.88 bits per heavy atom. The third kappa shape index (κ3) is 5.12. The molecular weight excluding hydrogens is 349 g/mol. The van der Waals surface area contributed by atoms with Crippen molar-refractivity contribution in [2.45, 2.75) is 59.5 Å². The van der Waals surface area contributed by atoms with E-state index in [4.69, 9.17) is 23.2 Å². The first kappa shape index (κ1) is 20.6. The predicted octanol–water partition coefficient (Wildman–Crippen LogP) is 7.04. The van der Waals surface area contributed by atoms with Crippen LogP contribution in [0.3, 0.4) is 0 Å². The number of hydrogen-bond acceptors (Lipinski definition) is 0. The van der Waals surface area contributed by atoms with Crippen molar-refractivity contribution in [3.8, 4) is 0 Å². The Bertz CT molecular complexity index is 683. The van der Waals surface area contributed by atoms with Crippen molar-refractivity contribution in [3.63, 3.8) is 0 Å². The largest absolute Gasteiger partial charge is 0.319 e. The maximum atomic E-state index is 6.17. The lowest BCUT2D eigenvalue weighted by Crippen LogP contribution is -2.45. The van der Waals surface area contributed by atoms with Crippen molar-refractivity contribution < 1.29 is 4.48 Å². The van der Waals surface area contributed by atoms with Gasteiger partial charge in [-0.1, -0.05) is 54.8 Å². The van der Waals surface area contributed by atoms with Gasteiger partial charge in [-0.25, -0.2) is 0 Å². The number of quaternary nitrogens is 1. The first-order chi connectivity index (χ1) is 11.5. The van der Waals surface area contributed by atoms with Gasteiger partial charge in [0.1, 0.15) is 12.6 Å². The van der Waals surface area contributed by atoms with Crippen molar-refractivity contribution in [1.82, 2.24) is 0 Å². The van der Waals surface area contributed by atoms with Gasteiger partial charge < -0.3 is 4.48 Å². The molecule has 1 atom stereocenters. The lowest BCUT2D eigenvalue weighted by molar-refractivity contribution is -0.919. The van der Waals surface area contributed by atoms with Crippen LogP contribution < -0.4 is 0 Å². The highest BCUT2D eigenvalue weighted by molar-refractivity contribution is 6.42. The molecule has 0 radical (unpaired) electrons. The smallest absolute Gasteiger partial charge is 0.105 e. The number of halogens is 2. The van der Waals surface area contributed by atoms with Gasteiger partial charge in [0.05, 0.1) is 24.1 Å². The second kappa shape index (κ2) is 7.86. The minimum absolute atomic E-state index is 0.291. The summed E-state index contributed by atoms with van der Waals surface area (Å²) in [4.78, 5) is 0. The Morgan fingerprint density at radius 1 is 1.20 bits per heavy atom. The second-order valence-corrected chi connectivity index (χ2v) is 9.53. The van der Waals surface area contributed by atoms with Crippen LogP contribution in [0.4, 0.5) is 0 Å². The summed E-state index contributed by atoms with van der Waals surface area (Å²) in [6.45, 7) is 10.2. The molecule has 1 aromatic carbocycles. The zero-order valence-corrected chi connectivity index (χ0v) is 18.0. The summed E-state index contributed by atoms with van der Waals surface area (Å²) in [5, 5.41) is 1.25. The lowest BCUT2D eigenvalue weighted by Gasteiger charge is -2.36. The fraction of sp³-hybridized carbons (Fsp3) is 0.545. The molecule has 0 heterocycles. The van der Waals surface area contributed by atoms with Gasteiger partial charge in [0, 0.05) is 5.56 Å². The third-order valence-electron chi connectivity index (χ3n) is 5.76. The molecule has 3 heteroatoms. The van der Waals surface area contributed by atoms with Gasteiger partial charge in [0.25, 0.3) is 0 Å². The van der Waals surface area contributed by atoms with Gasteiger partial charge in [-0.3, -0.25) is 0 Å². The molecule has 0 aromatic heterocycles. The molecule has 1 aromatic rings. The number of allylic oxidation sites excluding steroid dienone is 3. The van der Waals surface area contributed by atoms with Crippen molar-refractivity contribution in [3.05, 3.63) is 57.1 Å². The van der Waals surface area contributed by atoms with Gasteiger partial charge in [0.15, 0.2) is 0 Å². The molecule has 0 aliphatic heterocycles. The highest BCUT2D eigenvalue weighted by Crippen LogP contribution is 2.40. The predicted molar refractivity (Wildman–Crippen MR) is 111 cm³/mol. The zero-order chi connectivity index (χ0) is 18.8. The number of likely N-dealkylation sites (N-methyl/N-ethyl adjacent to an activating group) is 1. The molecule has 1 unspecified atom stereocenters. The molecule has 0 bridgehead atoms. The Labute approximate surface area is 163 Å². The minimum Gasteiger partial charge on any atom is -0.319 e. The quantitative estimate of drug-likeness (QED) is 0.480. The van der Waals surface area contributed by atoms with Crippen LogP contribution in [0.1, 0.15) is 52.5 Å². The fourth-order valence-corrected chi connectivity index (χ4v) is 4.05. The molecule has 25 heavy (non-hydrogen) atoms. The summed E-state index contributed by atoms with van der Waals surface area (Å²) in [5.41, 5.74) is 4.59. The maximum Gasteiger partial charge on any atom is 0.105 e. The summed E-state index contributed by atoms with van der Waals surface area (Å²) < 4.78 is 0.876. The number of benzene rings is 1. The van der Waals surface area contributed by atoms with Crippen LogP contribution in [0.25, 0.3) is 0 Å². The molecule has 138 valence electrons. The van der Waals surface area contributed by atoms with Crippen molar-refractivity contribution in [2.75, 3.05) is 14.1 Å². The van der Waals surface area contributed by atoms with E-state index in [-0.39, 0.29) is 0 Å².